The lowest BCUT2D eigenvalue weighted by molar-refractivity contribution is -0.142. The third kappa shape index (κ3) is 6.86. The average Bonchev–Trinajstić information content (AvgIpc) is 3.25. The van der Waals surface area contributed by atoms with Crippen molar-refractivity contribution in [1.82, 2.24) is 10.2 Å². The monoisotopic (exact) mass is 526 g/mol. The van der Waals surface area contributed by atoms with Crippen molar-refractivity contribution in [3.05, 3.63) is 62.5 Å². The maximum Gasteiger partial charge on any atom is 0.261 e. The summed E-state index contributed by atoms with van der Waals surface area (Å²) in [5.74, 6) is -0.0871. The minimum Gasteiger partial charge on any atom is -0.482 e. The van der Waals surface area contributed by atoms with Gasteiger partial charge in [-0.25, -0.2) is 0 Å². The molecule has 1 N–H and O–H groups in total. The summed E-state index contributed by atoms with van der Waals surface area (Å²) in [5, 5.41) is 3.89. The second-order valence-corrected chi connectivity index (χ2v) is 9.44. The molecule has 1 fully saturated rings. The molecule has 1 aliphatic rings. The number of amides is 2. The van der Waals surface area contributed by atoms with Crippen molar-refractivity contribution in [3.63, 3.8) is 0 Å². The van der Waals surface area contributed by atoms with Gasteiger partial charge in [0.2, 0.25) is 5.91 Å². The fourth-order valence-corrected chi connectivity index (χ4v) is 4.30. The molecule has 0 aromatic heterocycles. The Bertz CT molecular complexity index is 918. The standard InChI is InChI=1S/C23H25BrCl2N2O3/c1-15(23(30)27-19-4-2-3-5-19)28(13-16-6-8-17(24)9-7-16)22(29)14-31-21-11-10-18(25)12-20(21)26/h6-12,15,19H,2-5,13-14H2,1H3,(H,27,30)/t15-/m1/s1. The molecule has 5 nitrogen and oxygen atoms in total. The molecule has 0 heterocycles. The van der Waals surface area contributed by atoms with Crippen LogP contribution in [0.25, 0.3) is 0 Å². The molecular formula is C23H25BrCl2N2O3. The molecular weight excluding hydrogens is 503 g/mol. The Morgan fingerprint density at radius 3 is 2.48 bits per heavy atom. The van der Waals surface area contributed by atoms with Crippen LogP contribution < -0.4 is 10.1 Å². The Morgan fingerprint density at radius 2 is 1.84 bits per heavy atom. The van der Waals surface area contributed by atoms with Gasteiger partial charge in [0.25, 0.3) is 5.91 Å². The van der Waals surface area contributed by atoms with E-state index in [0.717, 1.165) is 35.7 Å². The van der Waals surface area contributed by atoms with Crippen LogP contribution in [0.3, 0.4) is 0 Å². The highest BCUT2D eigenvalue weighted by Gasteiger charge is 2.28. The van der Waals surface area contributed by atoms with E-state index in [1.54, 1.807) is 25.1 Å². The molecule has 2 amide bonds. The molecule has 0 bridgehead atoms. The normalized spacial score (nSPS) is 14.8. The van der Waals surface area contributed by atoms with Crippen LogP contribution in [-0.2, 0) is 16.1 Å². The fraction of sp³-hybridized carbons (Fsp3) is 0.391. The number of ether oxygens (including phenoxy) is 1. The summed E-state index contributed by atoms with van der Waals surface area (Å²) in [7, 11) is 0. The molecule has 3 rings (SSSR count). The SMILES string of the molecule is C[C@H](C(=O)NC1CCCC1)N(Cc1ccc(Br)cc1)C(=O)COc1ccc(Cl)cc1Cl. The van der Waals surface area contributed by atoms with Crippen LogP contribution in [0.1, 0.15) is 38.2 Å². The molecule has 31 heavy (non-hydrogen) atoms. The van der Waals surface area contributed by atoms with Crippen molar-refractivity contribution in [1.29, 1.82) is 0 Å². The minimum absolute atomic E-state index is 0.151. The molecule has 0 unspecified atom stereocenters. The van der Waals surface area contributed by atoms with Crippen molar-refractivity contribution >= 4 is 50.9 Å². The maximum atomic E-state index is 13.1. The minimum atomic E-state index is -0.638. The van der Waals surface area contributed by atoms with Crippen LogP contribution in [0.4, 0.5) is 0 Å². The van der Waals surface area contributed by atoms with E-state index in [1.807, 2.05) is 24.3 Å². The Balaban J connectivity index is 1.72. The largest absolute Gasteiger partial charge is 0.482 e. The molecule has 8 heteroatoms. The van der Waals surface area contributed by atoms with Crippen LogP contribution in [0.2, 0.25) is 10.0 Å². The number of benzene rings is 2. The van der Waals surface area contributed by atoms with Gasteiger partial charge in [-0.2, -0.15) is 0 Å². The van der Waals surface area contributed by atoms with Crippen LogP contribution >= 0.6 is 39.1 Å². The highest BCUT2D eigenvalue weighted by Crippen LogP contribution is 2.27. The zero-order valence-corrected chi connectivity index (χ0v) is 20.3. The number of hydrogen-bond donors (Lipinski definition) is 1. The Labute approximate surface area is 201 Å². The molecule has 2 aromatic rings. The fourth-order valence-electron chi connectivity index (χ4n) is 3.58. The van der Waals surface area contributed by atoms with Crippen LogP contribution in [0.15, 0.2) is 46.9 Å². The van der Waals surface area contributed by atoms with E-state index < -0.39 is 6.04 Å². The predicted molar refractivity (Wildman–Crippen MR) is 127 cm³/mol. The van der Waals surface area contributed by atoms with Gasteiger partial charge in [0.1, 0.15) is 11.8 Å². The van der Waals surface area contributed by atoms with Gasteiger partial charge in [-0.1, -0.05) is 64.1 Å². The summed E-state index contributed by atoms with van der Waals surface area (Å²) < 4.78 is 6.58. The molecule has 166 valence electrons. The summed E-state index contributed by atoms with van der Waals surface area (Å²) in [6.45, 7) is 1.80. The zero-order valence-electron chi connectivity index (χ0n) is 17.2. The van der Waals surface area contributed by atoms with Gasteiger partial charge in [0, 0.05) is 22.1 Å². The maximum absolute atomic E-state index is 13.1. The predicted octanol–water partition coefficient (Wildman–Crippen LogP) is 5.61. The highest BCUT2D eigenvalue weighted by molar-refractivity contribution is 9.10. The van der Waals surface area contributed by atoms with Gasteiger partial charge in [-0.15, -0.1) is 0 Å². The number of carbonyl (C=O) groups excluding carboxylic acids is 2. The van der Waals surface area contributed by atoms with Crippen molar-refractivity contribution < 1.29 is 14.3 Å². The van der Waals surface area contributed by atoms with E-state index in [-0.39, 0.29) is 24.5 Å². The van der Waals surface area contributed by atoms with Gasteiger partial charge >= 0.3 is 0 Å². The number of carbonyl (C=O) groups is 2. The first-order valence-electron chi connectivity index (χ1n) is 10.3. The summed E-state index contributed by atoms with van der Waals surface area (Å²) >= 11 is 15.5. The molecule has 1 saturated carbocycles. The molecule has 0 spiro atoms. The molecule has 1 aliphatic carbocycles. The van der Waals surface area contributed by atoms with Crippen molar-refractivity contribution in [2.45, 2.75) is 51.2 Å². The first-order valence-corrected chi connectivity index (χ1v) is 11.8. The summed E-state index contributed by atoms with van der Waals surface area (Å²) in [6.07, 6.45) is 4.21. The van der Waals surface area contributed by atoms with E-state index in [4.69, 9.17) is 27.9 Å². The first-order chi connectivity index (χ1) is 14.8. The van der Waals surface area contributed by atoms with E-state index in [9.17, 15) is 9.59 Å². The number of nitrogens with zero attached hydrogens (tertiary/aromatic N) is 1. The second-order valence-electron chi connectivity index (χ2n) is 7.68. The van der Waals surface area contributed by atoms with Crippen LogP contribution in [-0.4, -0.2) is 35.4 Å². The quantitative estimate of drug-likeness (QED) is 0.485. The van der Waals surface area contributed by atoms with E-state index in [0.29, 0.717) is 22.3 Å². The van der Waals surface area contributed by atoms with Crippen LogP contribution in [0, 0.1) is 0 Å². The third-order valence-corrected chi connectivity index (χ3v) is 6.44. The third-order valence-electron chi connectivity index (χ3n) is 5.38. The van der Waals surface area contributed by atoms with Gasteiger partial charge in [-0.3, -0.25) is 9.59 Å². The molecule has 0 saturated heterocycles. The van der Waals surface area contributed by atoms with Gasteiger partial charge in [0.05, 0.1) is 5.02 Å². The molecule has 0 radical (unpaired) electrons. The second kappa shape index (κ2) is 11.2. The lowest BCUT2D eigenvalue weighted by Crippen LogP contribution is -2.50. The Kier molecular flexibility index (Phi) is 8.64. The van der Waals surface area contributed by atoms with Gasteiger partial charge in [-0.05, 0) is 55.7 Å². The number of nitrogens with one attached hydrogen (secondary N) is 1. The lowest BCUT2D eigenvalue weighted by atomic mass is 10.1. The van der Waals surface area contributed by atoms with E-state index in [2.05, 4.69) is 21.2 Å². The Morgan fingerprint density at radius 1 is 1.16 bits per heavy atom. The Hall–Kier alpha value is -1.76. The molecule has 2 aromatic carbocycles. The van der Waals surface area contributed by atoms with Crippen molar-refractivity contribution in [2.24, 2.45) is 0 Å². The smallest absolute Gasteiger partial charge is 0.261 e. The van der Waals surface area contributed by atoms with Gasteiger partial charge in [0.15, 0.2) is 6.61 Å². The van der Waals surface area contributed by atoms with Gasteiger partial charge < -0.3 is 15.0 Å². The van der Waals surface area contributed by atoms with Crippen LogP contribution in [0.5, 0.6) is 5.75 Å². The topological polar surface area (TPSA) is 58.6 Å². The number of hydrogen-bond acceptors (Lipinski definition) is 3. The summed E-state index contributed by atoms with van der Waals surface area (Å²) in [4.78, 5) is 27.5. The summed E-state index contributed by atoms with van der Waals surface area (Å²) in [5.41, 5.74) is 0.918. The zero-order chi connectivity index (χ0) is 22.4. The summed E-state index contributed by atoms with van der Waals surface area (Å²) in [6, 6.07) is 12.0. The van der Waals surface area contributed by atoms with E-state index >= 15 is 0 Å². The average molecular weight is 528 g/mol. The molecule has 1 atom stereocenters. The number of halogens is 3. The lowest BCUT2D eigenvalue weighted by Gasteiger charge is -2.29. The van der Waals surface area contributed by atoms with Crippen molar-refractivity contribution in [3.8, 4) is 5.75 Å². The van der Waals surface area contributed by atoms with E-state index in [1.165, 1.54) is 4.90 Å². The first kappa shape index (κ1) is 23.9. The number of rotatable bonds is 8. The molecule has 0 aliphatic heterocycles. The van der Waals surface area contributed by atoms with Crippen molar-refractivity contribution in [2.75, 3.05) is 6.61 Å². The highest BCUT2D eigenvalue weighted by atomic mass is 79.9.